The van der Waals surface area contributed by atoms with E-state index in [1.807, 2.05) is 6.92 Å². The number of rotatable bonds is 4. The number of carbonyl (C=O) groups is 1. The van der Waals surface area contributed by atoms with Gasteiger partial charge in [0.1, 0.15) is 19.3 Å². The van der Waals surface area contributed by atoms with Crippen molar-refractivity contribution in [1.29, 1.82) is 0 Å². The fraction of sp³-hybridized carbons (Fsp3) is 0.381. The largest absolute Gasteiger partial charge is 0.486 e. The first kappa shape index (κ1) is 19.7. The molecule has 8 heteroatoms. The molecule has 7 nitrogen and oxygen atoms in total. The fourth-order valence-electron chi connectivity index (χ4n) is 3.65. The number of anilines is 1. The Morgan fingerprint density at radius 3 is 2.52 bits per heavy atom. The van der Waals surface area contributed by atoms with Crippen LogP contribution in [-0.2, 0) is 14.8 Å². The summed E-state index contributed by atoms with van der Waals surface area (Å²) in [5.41, 5.74) is 1.54. The molecule has 0 aromatic heterocycles. The van der Waals surface area contributed by atoms with Gasteiger partial charge in [0.25, 0.3) is 0 Å². The number of benzene rings is 2. The molecule has 0 saturated carbocycles. The predicted octanol–water partition coefficient (Wildman–Crippen LogP) is 2.95. The first-order valence-corrected chi connectivity index (χ1v) is 11.2. The summed E-state index contributed by atoms with van der Waals surface area (Å²) in [6, 6.07) is 11.1. The standard InChI is InChI=1S/C21H24N2O5S/c1-15-5-8-17(9-6-15)29(25,26)23-11-3-2-4-18(23)21(24)22-16-7-10-19-20(14-16)28-13-12-27-19/h5-10,14,18H,2-4,11-13H2,1H3,(H,22,24)/t18-/m1/s1. The Bertz CT molecular complexity index is 1000. The molecule has 0 radical (unpaired) electrons. The Kier molecular flexibility index (Phi) is 5.47. The van der Waals surface area contributed by atoms with Crippen LogP contribution >= 0.6 is 0 Å². The lowest BCUT2D eigenvalue weighted by molar-refractivity contribution is -0.120. The van der Waals surface area contributed by atoms with Gasteiger partial charge >= 0.3 is 0 Å². The Labute approximate surface area is 170 Å². The average Bonchev–Trinajstić information content (AvgIpc) is 2.74. The van der Waals surface area contributed by atoms with Gasteiger partial charge in [-0.25, -0.2) is 8.42 Å². The number of ether oxygens (including phenoxy) is 2. The van der Waals surface area contributed by atoms with E-state index in [9.17, 15) is 13.2 Å². The van der Waals surface area contributed by atoms with E-state index in [1.54, 1.807) is 42.5 Å². The van der Waals surface area contributed by atoms with Crippen LogP contribution in [0.1, 0.15) is 24.8 Å². The minimum absolute atomic E-state index is 0.210. The molecule has 1 N–H and O–H groups in total. The van der Waals surface area contributed by atoms with Crippen LogP contribution in [0.2, 0.25) is 0 Å². The molecule has 2 heterocycles. The number of hydrogen-bond donors (Lipinski definition) is 1. The number of fused-ring (bicyclic) bond motifs is 1. The smallest absolute Gasteiger partial charge is 0.243 e. The van der Waals surface area contributed by atoms with Gasteiger partial charge in [-0.2, -0.15) is 4.31 Å². The molecular formula is C21H24N2O5S. The lowest BCUT2D eigenvalue weighted by Gasteiger charge is -2.33. The molecule has 4 rings (SSSR count). The van der Waals surface area contributed by atoms with Gasteiger partial charge in [0.2, 0.25) is 15.9 Å². The Balaban J connectivity index is 1.55. The first-order chi connectivity index (χ1) is 13.9. The van der Waals surface area contributed by atoms with E-state index in [-0.39, 0.29) is 10.8 Å². The number of nitrogens with one attached hydrogen (secondary N) is 1. The fourth-order valence-corrected chi connectivity index (χ4v) is 5.30. The molecule has 0 aliphatic carbocycles. The van der Waals surface area contributed by atoms with Gasteiger partial charge in [-0.3, -0.25) is 4.79 Å². The highest BCUT2D eigenvalue weighted by Crippen LogP contribution is 2.33. The van der Waals surface area contributed by atoms with Crippen molar-refractivity contribution < 1.29 is 22.7 Å². The maximum atomic E-state index is 13.2. The van der Waals surface area contributed by atoms with E-state index in [0.717, 1.165) is 18.4 Å². The first-order valence-electron chi connectivity index (χ1n) is 9.74. The normalized spacial score (nSPS) is 19.6. The second-order valence-corrected chi connectivity index (χ2v) is 9.18. The monoisotopic (exact) mass is 416 g/mol. The number of piperidine rings is 1. The molecule has 1 atom stereocenters. The van der Waals surface area contributed by atoms with Gasteiger partial charge in [0.05, 0.1) is 4.90 Å². The Morgan fingerprint density at radius 1 is 1.03 bits per heavy atom. The van der Waals surface area contributed by atoms with Gasteiger partial charge in [-0.05, 0) is 44.0 Å². The predicted molar refractivity (Wildman–Crippen MR) is 109 cm³/mol. The van der Waals surface area contributed by atoms with Crippen molar-refractivity contribution in [2.24, 2.45) is 0 Å². The molecule has 154 valence electrons. The van der Waals surface area contributed by atoms with Crippen molar-refractivity contribution >= 4 is 21.6 Å². The molecule has 1 fully saturated rings. The molecular weight excluding hydrogens is 392 g/mol. The third-order valence-electron chi connectivity index (χ3n) is 5.19. The second-order valence-electron chi connectivity index (χ2n) is 7.29. The van der Waals surface area contributed by atoms with Gasteiger partial charge in [0, 0.05) is 18.3 Å². The maximum Gasteiger partial charge on any atom is 0.243 e. The highest BCUT2D eigenvalue weighted by molar-refractivity contribution is 7.89. The summed E-state index contributed by atoms with van der Waals surface area (Å²) in [5, 5.41) is 2.84. The quantitative estimate of drug-likeness (QED) is 0.828. The molecule has 2 aromatic rings. The molecule has 2 aliphatic rings. The van der Waals surface area contributed by atoms with Crippen LogP contribution in [0.4, 0.5) is 5.69 Å². The van der Waals surface area contributed by atoms with Crippen LogP contribution in [0.25, 0.3) is 0 Å². The molecule has 0 bridgehead atoms. The van der Waals surface area contributed by atoms with Crippen LogP contribution in [0, 0.1) is 6.92 Å². The van der Waals surface area contributed by atoms with E-state index in [2.05, 4.69) is 5.32 Å². The topological polar surface area (TPSA) is 84.9 Å². The third-order valence-corrected chi connectivity index (χ3v) is 7.12. The molecule has 1 amide bonds. The van der Waals surface area contributed by atoms with Crippen LogP contribution in [0.15, 0.2) is 47.4 Å². The van der Waals surface area contributed by atoms with Crippen molar-refractivity contribution in [3.63, 3.8) is 0 Å². The summed E-state index contributed by atoms with van der Waals surface area (Å²) < 4.78 is 38.7. The van der Waals surface area contributed by atoms with Gasteiger partial charge in [0.15, 0.2) is 11.5 Å². The van der Waals surface area contributed by atoms with Crippen LogP contribution in [-0.4, -0.2) is 44.4 Å². The van der Waals surface area contributed by atoms with Crippen molar-refractivity contribution in [3.05, 3.63) is 48.0 Å². The minimum Gasteiger partial charge on any atom is -0.486 e. The lowest BCUT2D eigenvalue weighted by Crippen LogP contribution is -2.49. The van der Waals surface area contributed by atoms with Crippen LogP contribution in [0.3, 0.4) is 0 Å². The average molecular weight is 416 g/mol. The zero-order valence-electron chi connectivity index (χ0n) is 16.3. The SMILES string of the molecule is Cc1ccc(S(=O)(=O)N2CCCC[C@@H]2C(=O)Nc2ccc3c(c2)OCCO3)cc1. The van der Waals surface area contributed by atoms with Crippen molar-refractivity contribution in [2.45, 2.75) is 37.1 Å². The highest BCUT2D eigenvalue weighted by atomic mass is 32.2. The van der Waals surface area contributed by atoms with Crippen molar-refractivity contribution in [3.8, 4) is 11.5 Å². The molecule has 1 saturated heterocycles. The van der Waals surface area contributed by atoms with Crippen LogP contribution < -0.4 is 14.8 Å². The van der Waals surface area contributed by atoms with Gasteiger partial charge in [-0.1, -0.05) is 24.1 Å². The number of nitrogens with zero attached hydrogens (tertiary/aromatic N) is 1. The van der Waals surface area contributed by atoms with Gasteiger partial charge in [-0.15, -0.1) is 0 Å². The number of aryl methyl sites for hydroxylation is 1. The van der Waals surface area contributed by atoms with E-state index >= 15 is 0 Å². The molecule has 2 aliphatic heterocycles. The summed E-state index contributed by atoms with van der Waals surface area (Å²) in [4.78, 5) is 13.2. The Morgan fingerprint density at radius 2 is 1.76 bits per heavy atom. The van der Waals surface area contributed by atoms with E-state index in [0.29, 0.717) is 43.4 Å². The second kappa shape index (κ2) is 8.04. The number of carbonyl (C=O) groups excluding carboxylic acids is 1. The van der Waals surface area contributed by atoms with Crippen LogP contribution in [0.5, 0.6) is 11.5 Å². The van der Waals surface area contributed by atoms with E-state index in [1.165, 1.54) is 4.31 Å². The minimum atomic E-state index is -3.75. The molecule has 0 unspecified atom stereocenters. The van der Waals surface area contributed by atoms with Crippen molar-refractivity contribution in [1.82, 2.24) is 4.31 Å². The summed E-state index contributed by atoms with van der Waals surface area (Å²) in [6.07, 6.45) is 2.03. The highest BCUT2D eigenvalue weighted by Gasteiger charge is 2.37. The number of sulfonamides is 1. The summed E-state index contributed by atoms with van der Waals surface area (Å²) in [7, 11) is -3.75. The summed E-state index contributed by atoms with van der Waals surface area (Å²) in [5.74, 6) is 0.870. The summed E-state index contributed by atoms with van der Waals surface area (Å²) >= 11 is 0. The van der Waals surface area contributed by atoms with Crippen molar-refractivity contribution in [2.75, 3.05) is 25.1 Å². The van der Waals surface area contributed by atoms with E-state index < -0.39 is 16.1 Å². The van der Waals surface area contributed by atoms with E-state index in [4.69, 9.17) is 9.47 Å². The molecule has 29 heavy (non-hydrogen) atoms. The third kappa shape index (κ3) is 4.09. The number of hydrogen-bond acceptors (Lipinski definition) is 5. The summed E-state index contributed by atoms with van der Waals surface area (Å²) in [6.45, 7) is 3.18. The molecule has 2 aromatic carbocycles. The zero-order chi connectivity index (χ0) is 20.4. The molecule has 0 spiro atoms. The zero-order valence-corrected chi connectivity index (χ0v) is 17.1. The maximum absolute atomic E-state index is 13.2. The van der Waals surface area contributed by atoms with Gasteiger partial charge < -0.3 is 14.8 Å². The lowest BCUT2D eigenvalue weighted by atomic mass is 10.0. The Hall–Kier alpha value is -2.58. The number of amides is 1.